The molecule has 2 rings (SSSR count). The lowest BCUT2D eigenvalue weighted by Gasteiger charge is -2.12. The summed E-state index contributed by atoms with van der Waals surface area (Å²) >= 11 is 0. The van der Waals surface area contributed by atoms with Gasteiger partial charge in [0.05, 0.1) is 18.8 Å². The van der Waals surface area contributed by atoms with Crippen LogP contribution in [0.5, 0.6) is 5.75 Å². The molecule has 5 heteroatoms. The first-order valence-corrected chi connectivity index (χ1v) is 5.07. The number of methoxy groups -OCH3 is 1. The minimum atomic E-state index is -0.607. The van der Waals surface area contributed by atoms with Crippen LogP contribution in [0.4, 0.5) is 4.39 Å². The molecule has 0 saturated carbocycles. The van der Waals surface area contributed by atoms with E-state index in [4.69, 9.17) is 10.5 Å². The van der Waals surface area contributed by atoms with Crippen LogP contribution in [0.3, 0.4) is 0 Å². The van der Waals surface area contributed by atoms with E-state index in [0.29, 0.717) is 17.0 Å². The summed E-state index contributed by atoms with van der Waals surface area (Å²) in [5.41, 5.74) is 6.89. The van der Waals surface area contributed by atoms with Gasteiger partial charge in [-0.15, -0.1) is 0 Å². The Balaban J connectivity index is 2.34. The molecule has 1 atom stereocenters. The Hall–Kier alpha value is -2.01. The highest BCUT2D eigenvalue weighted by atomic mass is 19.1. The van der Waals surface area contributed by atoms with Gasteiger partial charge in [-0.3, -0.25) is 0 Å². The van der Waals surface area contributed by atoms with Crippen molar-refractivity contribution in [2.75, 3.05) is 7.11 Å². The molecule has 1 unspecified atom stereocenters. The third-order valence-electron chi connectivity index (χ3n) is 2.47. The zero-order valence-electron chi connectivity index (χ0n) is 9.30. The number of nitrogens with two attached hydrogens (primary N) is 1. The minimum absolute atomic E-state index is 0.379. The molecule has 1 heterocycles. The van der Waals surface area contributed by atoms with Crippen LogP contribution in [0.25, 0.3) is 0 Å². The second-order valence-electron chi connectivity index (χ2n) is 3.50. The maximum atomic E-state index is 13.8. The molecule has 4 nitrogen and oxygen atoms in total. The van der Waals surface area contributed by atoms with Crippen LogP contribution in [0.15, 0.2) is 36.8 Å². The molecule has 2 N–H and O–H groups in total. The molecule has 1 aromatic heterocycles. The van der Waals surface area contributed by atoms with Crippen molar-refractivity contribution in [3.63, 3.8) is 0 Å². The highest BCUT2D eigenvalue weighted by molar-refractivity contribution is 5.34. The Kier molecular flexibility index (Phi) is 3.30. The van der Waals surface area contributed by atoms with E-state index in [2.05, 4.69) is 9.97 Å². The summed E-state index contributed by atoms with van der Waals surface area (Å²) in [6.07, 6.45) is 2.96. The van der Waals surface area contributed by atoms with Crippen LogP contribution >= 0.6 is 0 Å². The van der Waals surface area contributed by atoms with Gasteiger partial charge in [-0.05, 0) is 12.1 Å². The average Bonchev–Trinajstić information content (AvgIpc) is 2.39. The van der Waals surface area contributed by atoms with E-state index in [9.17, 15) is 4.39 Å². The molecule has 88 valence electrons. The fourth-order valence-electron chi connectivity index (χ4n) is 1.53. The molecule has 0 radical (unpaired) electrons. The number of ether oxygens (including phenoxy) is 1. The summed E-state index contributed by atoms with van der Waals surface area (Å²) in [6.45, 7) is 0. The fourth-order valence-corrected chi connectivity index (χ4v) is 1.53. The lowest BCUT2D eigenvalue weighted by Crippen LogP contribution is -2.15. The van der Waals surface area contributed by atoms with Crippen LogP contribution < -0.4 is 10.5 Å². The van der Waals surface area contributed by atoms with Gasteiger partial charge in [0.15, 0.2) is 0 Å². The van der Waals surface area contributed by atoms with Gasteiger partial charge >= 0.3 is 0 Å². The number of rotatable bonds is 3. The number of hydrogen-bond donors (Lipinski definition) is 1. The van der Waals surface area contributed by atoms with Crippen molar-refractivity contribution in [1.29, 1.82) is 0 Å². The van der Waals surface area contributed by atoms with E-state index in [1.807, 2.05) is 0 Å². The predicted octanol–water partition coefficient (Wildman–Crippen LogP) is 1.67. The lowest BCUT2D eigenvalue weighted by atomic mass is 10.0. The van der Waals surface area contributed by atoms with Crippen molar-refractivity contribution in [3.8, 4) is 5.75 Å². The molecule has 0 saturated heterocycles. The van der Waals surface area contributed by atoms with Gasteiger partial charge in [-0.1, -0.05) is 6.07 Å². The zero-order chi connectivity index (χ0) is 12.3. The number of benzene rings is 1. The Bertz CT molecular complexity index is 504. The second-order valence-corrected chi connectivity index (χ2v) is 3.50. The lowest BCUT2D eigenvalue weighted by molar-refractivity contribution is 0.410. The van der Waals surface area contributed by atoms with E-state index in [1.165, 1.54) is 19.5 Å². The summed E-state index contributed by atoms with van der Waals surface area (Å²) in [5.74, 6) is 0.0524. The number of hydrogen-bond acceptors (Lipinski definition) is 4. The third-order valence-corrected chi connectivity index (χ3v) is 2.47. The van der Waals surface area contributed by atoms with Crippen LogP contribution in [-0.2, 0) is 0 Å². The summed E-state index contributed by atoms with van der Waals surface area (Å²) in [6, 6.07) is 5.62. The van der Waals surface area contributed by atoms with Gasteiger partial charge in [0.1, 0.15) is 17.9 Å². The molecule has 0 aliphatic heterocycles. The van der Waals surface area contributed by atoms with E-state index < -0.39 is 11.9 Å². The van der Waals surface area contributed by atoms with Crippen molar-refractivity contribution < 1.29 is 9.13 Å². The average molecular weight is 233 g/mol. The minimum Gasteiger partial charge on any atom is -0.497 e. The largest absolute Gasteiger partial charge is 0.497 e. The van der Waals surface area contributed by atoms with Gasteiger partial charge in [0.2, 0.25) is 0 Å². The first kappa shape index (κ1) is 11.5. The summed E-state index contributed by atoms with van der Waals surface area (Å²) < 4.78 is 18.7. The normalized spacial score (nSPS) is 12.2. The highest BCUT2D eigenvalue weighted by Crippen LogP contribution is 2.23. The molecule has 17 heavy (non-hydrogen) atoms. The maximum absolute atomic E-state index is 13.8. The third kappa shape index (κ3) is 2.39. The van der Waals surface area contributed by atoms with Gasteiger partial charge in [0, 0.05) is 17.8 Å². The summed E-state index contributed by atoms with van der Waals surface area (Å²) in [7, 11) is 1.48. The van der Waals surface area contributed by atoms with Gasteiger partial charge < -0.3 is 10.5 Å². The predicted molar refractivity (Wildman–Crippen MR) is 61.0 cm³/mol. The van der Waals surface area contributed by atoms with Crippen LogP contribution in [-0.4, -0.2) is 17.1 Å². The van der Waals surface area contributed by atoms with E-state index in [1.54, 1.807) is 24.4 Å². The maximum Gasteiger partial charge on any atom is 0.132 e. The molecule has 0 bridgehead atoms. The van der Waals surface area contributed by atoms with Crippen LogP contribution in [0.2, 0.25) is 0 Å². The summed E-state index contributed by atoms with van der Waals surface area (Å²) in [4.78, 5) is 7.80. The van der Waals surface area contributed by atoms with Crippen molar-refractivity contribution in [3.05, 3.63) is 53.9 Å². The zero-order valence-corrected chi connectivity index (χ0v) is 9.30. The molecule has 0 amide bonds. The van der Waals surface area contributed by atoms with Crippen LogP contribution in [0.1, 0.15) is 17.3 Å². The molecule has 0 aliphatic rings. The molecule has 0 fully saturated rings. The quantitative estimate of drug-likeness (QED) is 0.876. The van der Waals surface area contributed by atoms with Crippen molar-refractivity contribution in [2.45, 2.75) is 6.04 Å². The molecule has 2 aromatic rings. The number of nitrogens with zero attached hydrogens (tertiary/aromatic N) is 2. The molecule has 1 aromatic carbocycles. The van der Waals surface area contributed by atoms with Crippen LogP contribution in [0, 0.1) is 5.82 Å². The second kappa shape index (κ2) is 4.88. The molecule has 0 aliphatic carbocycles. The van der Waals surface area contributed by atoms with Gasteiger partial charge in [0.25, 0.3) is 0 Å². The van der Waals surface area contributed by atoms with E-state index in [-0.39, 0.29) is 0 Å². The Morgan fingerprint density at radius 2 is 2.18 bits per heavy atom. The smallest absolute Gasteiger partial charge is 0.132 e. The molecular weight excluding hydrogens is 221 g/mol. The molecule has 0 spiro atoms. The number of halogens is 1. The Labute approximate surface area is 98.3 Å². The topological polar surface area (TPSA) is 61.0 Å². The highest BCUT2D eigenvalue weighted by Gasteiger charge is 2.15. The fraction of sp³-hybridized carbons (Fsp3) is 0.167. The Morgan fingerprint density at radius 3 is 2.76 bits per heavy atom. The SMILES string of the molecule is COc1ccc(C(N)c2ccncn2)c(F)c1. The van der Waals surface area contributed by atoms with Gasteiger partial charge in [-0.2, -0.15) is 0 Å². The van der Waals surface area contributed by atoms with Crippen molar-refractivity contribution >= 4 is 0 Å². The first-order chi connectivity index (χ1) is 8.22. The van der Waals surface area contributed by atoms with Crippen molar-refractivity contribution in [1.82, 2.24) is 9.97 Å². The number of aromatic nitrogens is 2. The van der Waals surface area contributed by atoms with E-state index >= 15 is 0 Å². The monoisotopic (exact) mass is 233 g/mol. The summed E-state index contributed by atoms with van der Waals surface area (Å²) in [5, 5.41) is 0. The molecular formula is C12H12FN3O. The van der Waals surface area contributed by atoms with Crippen molar-refractivity contribution in [2.24, 2.45) is 5.73 Å². The standard InChI is InChI=1S/C12H12FN3O/c1-17-8-2-3-9(10(13)6-8)12(14)11-4-5-15-7-16-11/h2-7,12H,14H2,1H3. The van der Waals surface area contributed by atoms with E-state index in [0.717, 1.165) is 0 Å². The Morgan fingerprint density at radius 1 is 1.35 bits per heavy atom. The van der Waals surface area contributed by atoms with Gasteiger partial charge in [-0.25, -0.2) is 14.4 Å². The first-order valence-electron chi connectivity index (χ1n) is 5.07.